The second-order valence-corrected chi connectivity index (χ2v) is 6.53. The summed E-state index contributed by atoms with van der Waals surface area (Å²) in [5, 5.41) is 0. The Kier molecular flexibility index (Phi) is 4.56. The highest BCUT2D eigenvalue weighted by Gasteiger charge is 2.27. The number of hydrogen-bond donors (Lipinski definition) is 0. The zero-order valence-electron chi connectivity index (χ0n) is 12.7. The van der Waals surface area contributed by atoms with Crippen molar-refractivity contribution in [1.82, 2.24) is 4.57 Å². The van der Waals surface area contributed by atoms with Gasteiger partial charge in [-0.15, -0.1) is 0 Å². The summed E-state index contributed by atoms with van der Waals surface area (Å²) < 4.78 is 33.0. The number of anilines is 1. The zero-order valence-corrected chi connectivity index (χ0v) is 13.5. The molecule has 22 heavy (non-hydrogen) atoms. The van der Waals surface area contributed by atoms with Crippen molar-refractivity contribution in [2.45, 2.75) is 11.8 Å². The number of para-hydroxylation sites is 1. The number of nitrogens with zero attached hydrogens (tertiary/aromatic N) is 2. The van der Waals surface area contributed by atoms with Crippen LogP contribution in [0.3, 0.4) is 0 Å². The molecule has 7 heteroatoms. The molecular formula is C15H18N2O4S. The maximum atomic E-state index is 12.8. The van der Waals surface area contributed by atoms with Crippen LogP contribution < -0.4 is 4.31 Å². The summed E-state index contributed by atoms with van der Waals surface area (Å²) in [7, 11) is -0.886. The number of benzene rings is 1. The molecule has 1 aromatic heterocycles. The van der Waals surface area contributed by atoms with Gasteiger partial charge in [0.1, 0.15) is 10.6 Å². The lowest BCUT2D eigenvalue weighted by Crippen LogP contribution is -2.30. The van der Waals surface area contributed by atoms with E-state index in [2.05, 4.69) is 4.74 Å². The van der Waals surface area contributed by atoms with Crippen molar-refractivity contribution in [1.29, 1.82) is 0 Å². The topological polar surface area (TPSA) is 68.6 Å². The first-order valence-corrected chi connectivity index (χ1v) is 8.18. The Morgan fingerprint density at radius 1 is 1.27 bits per heavy atom. The molecule has 118 valence electrons. The van der Waals surface area contributed by atoms with Gasteiger partial charge < -0.3 is 9.30 Å². The Hall–Kier alpha value is -2.28. The Morgan fingerprint density at radius 3 is 2.45 bits per heavy atom. The first-order valence-electron chi connectivity index (χ1n) is 6.74. The predicted octanol–water partition coefficient (Wildman–Crippen LogP) is 2.03. The minimum atomic E-state index is -3.74. The molecule has 0 atom stereocenters. The van der Waals surface area contributed by atoms with Crippen molar-refractivity contribution in [3.8, 4) is 0 Å². The van der Waals surface area contributed by atoms with E-state index in [1.165, 1.54) is 28.2 Å². The third-order valence-electron chi connectivity index (χ3n) is 3.29. The van der Waals surface area contributed by atoms with Crippen LogP contribution in [-0.2, 0) is 21.8 Å². The number of aryl methyl sites for hydroxylation is 1. The van der Waals surface area contributed by atoms with Gasteiger partial charge in [0.05, 0.1) is 12.8 Å². The van der Waals surface area contributed by atoms with Crippen LogP contribution in [0.5, 0.6) is 0 Å². The van der Waals surface area contributed by atoms with E-state index in [0.29, 0.717) is 5.69 Å². The van der Waals surface area contributed by atoms with Gasteiger partial charge in [-0.1, -0.05) is 18.2 Å². The number of methoxy groups -OCH3 is 1. The van der Waals surface area contributed by atoms with E-state index < -0.39 is 16.0 Å². The molecule has 0 bridgehead atoms. The number of carbonyl (C=O) groups excluding carboxylic acids is 1. The van der Waals surface area contributed by atoms with Gasteiger partial charge in [0, 0.05) is 19.8 Å². The highest BCUT2D eigenvalue weighted by Crippen LogP contribution is 2.24. The molecule has 0 spiro atoms. The Bertz CT molecular complexity index is 766. The normalized spacial score (nSPS) is 11.2. The van der Waals surface area contributed by atoms with Crippen molar-refractivity contribution in [3.05, 3.63) is 48.3 Å². The number of hydrogen-bond acceptors (Lipinski definition) is 4. The Labute approximate surface area is 130 Å². The van der Waals surface area contributed by atoms with Gasteiger partial charge in [-0.2, -0.15) is 0 Å². The summed E-state index contributed by atoms with van der Waals surface area (Å²) in [6.45, 7) is 2.05. The second-order valence-electron chi connectivity index (χ2n) is 4.67. The molecule has 0 aliphatic heterocycles. The molecule has 2 aromatic rings. The van der Waals surface area contributed by atoms with Gasteiger partial charge in [0.15, 0.2) is 0 Å². The summed E-state index contributed by atoms with van der Waals surface area (Å²) in [6.07, 6.45) is 1.41. The van der Waals surface area contributed by atoms with E-state index in [9.17, 15) is 13.2 Å². The lowest BCUT2D eigenvalue weighted by molar-refractivity contribution is 0.0590. The van der Waals surface area contributed by atoms with E-state index >= 15 is 0 Å². The third-order valence-corrected chi connectivity index (χ3v) is 5.16. The number of sulfonamides is 1. The first-order chi connectivity index (χ1) is 10.4. The lowest BCUT2D eigenvalue weighted by Gasteiger charge is -2.22. The maximum absolute atomic E-state index is 12.8. The molecule has 0 N–H and O–H groups in total. The van der Waals surface area contributed by atoms with Crippen LogP contribution in [0, 0.1) is 0 Å². The number of aromatic nitrogens is 1. The SMILES string of the molecule is CCN(c1ccccc1)S(=O)(=O)c1cc(C(=O)OC)n(C)c1. The molecule has 0 saturated carbocycles. The second kappa shape index (κ2) is 6.23. The lowest BCUT2D eigenvalue weighted by atomic mass is 10.3. The van der Waals surface area contributed by atoms with Gasteiger partial charge in [-0.05, 0) is 25.1 Å². The quantitative estimate of drug-likeness (QED) is 0.790. The summed E-state index contributed by atoms with van der Waals surface area (Å²) in [5.41, 5.74) is 0.763. The fourth-order valence-electron chi connectivity index (χ4n) is 2.20. The van der Waals surface area contributed by atoms with Crippen LogP contribution in [0.1, 0.15) is 17.4 Å². The molecule has 0 saturated heterocycles. The molecule has 1 heterocycles. The van der Waals surface area contributed by atoms with Gasteiger partial charge in [0.2, 0.25) is 0 Å². The molecule has 1 aromatic carbocycles. The van der Waals surface area contributed by atoms with E-state index in [1.807, 2.05) is 6.07 Å². The zero-order chi connectivity index (χ0) is 16.3. The van der Waals surface area contributed by atoms with Crippen molar-refractivity contribution >= 4 is 21.7 Å². The number of esters is 1. The van der Waals surface area contributed by atoms with Crippen LogP contribution in [0.2, 0.25) is 0 Å². The molecule has 2 rings (SSSR count). The number of ether oxygens (including phenoxy) is 1. The molecule has 0 unspecified atom stereocenters. The summed E-state index contributed by atoms with van der Waals surface area (Å²) in [4.78, 5) is 11.7. The van der Waals surface area contributed by atoms with E-state index in [4.69, 9.17) is 0 Å². The summed E-state index contributed by atoms with van der Waals surface area (Å²) in [6, 6.07) is 10.2. The van der Waals surface area contributed by atoms with Gasteiger partial charge in [-0.25, -0.2) is 13.2 Å². The number of rotatable bonds is 5. The van der Waals surface area contributed by atoms with Gasteiger partial charge in [0.25, 0.3) is 10.0 Å². The van der Waals surface area contributed by atoms with E-state index in [1.54, 1.807) is 38.2 Å². The highest BCUT2D eigenvalue weighted by molar-refractivity contribution is 7.92. The van der Waals surface area contributed by atoms with Crippen LogP contribution in [0.4, 0.5) is 5.69 Å². The summed E-state index contributed by atoms with van der Waals surface area (Å²) >= 11 is 0. The van der Waals surface area contributed by atoms with Crippen molar-refractivity contribution in [2.24, 2.45) is 7.05 Å². The largest absolute Gasteiger partial charge is 0.464 e. The van der Waals surface area contributed by atoms with Gasteiger partial charge >= 0.3 is 5.97 Å². The summed E-state index contributed by atoms with van der Waals surface area (Å²) in [5.74, 6) is -0.577. The monoisotopic (exact) mass is 322 g/mol. The first kappa shape index (κ1) is 16.1. The molecule has 0 aliphatic rings. The number of carbonyl (C=O) groups is 1. The Balaban J connectivity index is 2.48. The fraction of sp³-hybridized carbons (Fsp3) is 0.267. The standard InChI is InChI=1S/C15H18N2O4S/c1-4-17(12-8-6-5-7-9-12)22(19,20)13-10-14(15(18)21-3)16(2)11-13/h5-11H,4H2,1-3H3. The van der Waals surface area contributed by atoms with E-state index in [0.717, 1.165) is 0 Å². The highest BCUT2D eigenvalue weighted by atomic mass is 32.2. The van der Waals surface area contributed by atoms with Crippen molar-refractivity contribution in [2.75, 3.05) is 18.0 Å². The minimum Gasteiger partial charge on any atom is -0.464 e. The van der Waals surface area contributed by atoms with E-state index in [-0.39, 0.29) is 17.1 Å². The molecular weight excluding hydrogens is 304 g/mol. The average molecular weight is 322 g/mol. The molecule has 0 fully saturated rings. The maximum Gasteiger partial charge on any atom is 0.354 e. The minimum absolute atomic E-state index is 0.0566. The van der Waals surface area contributed by atoms with Crippen LogP contribution >= 0.6 is 0 Å². The van der Waals surface area contributed by atoms with Crippen molar-refractivity contribution < 1.29 is 17.9 Å². The smallest absolute Gasteiger partial charge is 0.354 e. The van der Waals surface area contributed by atoms with Crippen LogP contribution in [0.15, 0.2) is 47.5 Å². The fourth-order valence-corrected chi connectivity index (χ4v) is 3.74. The van der Waals surface area contributed by atoms with Crippen LogP contribution in [0.25, 0.3) is 0 Å². The predicted molar refractivity (Wildman–Crippen MR) is 83.4 cm³/mol. The van der Waals surface area contributed by atoms with Crippen LogP contribution in [-0.4, -0.2) is 32.6 Å². The van der Waals surface area contributed by atoms with Gasteiger partial charge in [-0.3, -0.25) is 4.31 Å². The molecule has 0 amide bonds. The Morgan fingerprint density at radius 2 is 1.91 bits per heavy atom. The average Bonchev–Trinajstić information content (AvgIpc) is 2.91. The third kappa shape index (κ3) is 2.85. The van der Waals surface area contributed by atoms with Crippen molar-refractivity contribution in [3.63, 3.8) is 0 Å². The molecule has 6 nitrogen and oxygen atoms in total. The molecule has 0 aliphatic carbocycles. The molecule has 0 radical (unpaired) electrons.